The van der Waals surface area contributed by atoms with Crippen LogP contribution in [0.15, 0.2) is 18.2 Å². The van der Waals surface area contributed by atoms with E-state index in [4.69, 9.17) is 5.26 Å². The molecule has 2 aliphatic heterocycles. The van der Waals surface area contributed by atoms with Gasteiger partial charge in [-0.25, -0.2) is 9.18 Å². The van der Waals surface area contributed by atoms with E-state index in [1.165, 1.54) is 17.0 Å². The number of carbonyl (C=O) groups is 2. The Morgan fingerprint density at radius 1 is 1.47 bits per heavy atom. The highest BCUT2D eigenvalue weighted by Gasteiger charge is 2.38. The van der Waals surface area contributed by atoms with Crippen molar-refractivity contribution in [1.29, 1.82) is 5.26 Å². The molecular formula is C20H21FN6O3. The van der Waals surface area contributed by atoms with Gasteiger partial charge in [-0.15, -0.1) is 0 Å². The zero-order chi connectivity index (χ0) is 21.6. The number of carbonyl (C=O) groups excluding carboxylic acids is 2. The summed E-state index contributed by atoms with van der Waals surface area (Å²) in [6.45, 7) is 2.33. The third-order valence-corrected chi connectivity index (χ3v) is 5.75. The molecule has 3 amide bonds. The number of rotatable bonds is 2. The number of hydrogen-bond donors (Lipinski definition) is 2. The maximum Gasteiger partial charge on any atom is 0.322 e. The number of likely N-dealkylation sites (N-methyl/N-ethyl adjacent to an activating group) is 1. The van der Waals surface area contributed by atoms with Crippen LogP contribution in [0.2, 0.25) is 0 Å². The second kappa shape index (κ2) is 7.42. The van der Waals surface area contributed by atoms with Crippen molar-refractivity contribution < 1.29 is 19.1 Å². The molecule has 4 rings (SSSR count). The van der Waals surface area contributed by atoms with Crippen molar-refractivity contribution in [3.8, 4) is 6.07 Å². The Balaban J connectivity index is 1.60. The monoisotopic (exact) mass is 412 g/mol. The molecule has 1 aromatic heterocycles. The molecule has 0 unspecified atom stereocenters. The Morgan fingerprint density at radius 2 is 2.23 bits per heavy atom. The summed E-state index contributed by atoms with van der Waals surface area (Å²) in [6, 6.07) is 4.63. The van der Waals surface area contributed by atoms with E-state index in [0.717, 1.165) is 11.8 Å². The fraction of sp³-hybridized carbons (Fsp3) is 0.400. The van der Waals surface area contributed by atoms with Crippen molar-refractivity contribution in [3.63, 3.8) is 0 Å². The van der Waals surface area contributed by atoms with E-state index in [1.807, 2.05) is 6.92 Å². The zero-order valence-corrected chi connectivity index (χ0v) is 16.6. The maximum atomic E-state index is 13.5. The lowest BCUT2D eigenvalue weighted by Crippen LogP contribution is -2.48. The van der Waals surface area contributed by atoms with Gasteiger partial charge in [0.25, 0.3) is 5.91 Å². The van der Waals surface area contributed by atoms with Crippen LogP contribution in [0.3, 0.4) is 0 Å². The molecule has 1 aromatic carbocycles. The Hall–Kier alpha value is -3.45. The summed E-state index contributed by atoms with van der Waals surface area (Å²) >= 11 is 0. The molecule has 0 saturated carbocycles. The van der Waals surface area contributed by atoms with Crippen LogP contribution < -0.4 is 5.32 Å². The largest absolute Gasteiger partial charge is 0.394 e. The lowest BCUT2D eigenvalue weighted by Gasteiger charge is -2.34. The lowest BCUT2D eigenvalue weighted by molar-refractivity contribution is 0.0546. The zero-order valence-electron chi connectivity index (χ0n) is 16.6. The third-order valence-electron chi connectivity index (χ3n) is 5.75. The number of aliphatic hydroxyl groups excluding tert-OH is 1. The van der Waals surface area contributed by atoms with Crippen LogP contribution in [-0.2, 0) is 19.5 Å². The number of urea groups is 1. The van der Waals surface area contributed by atoms with Crippen molar-refractivity contribution in [2.45, 2.75) is 38.5 Å². The van der Waals surface area contributed by atoms with Gasteiger partial charge in [0.1, 0.15) is 17.6 Å². The minimum Gasteiger partial charge on any atom is -0.394 e. The number of benzene rings is 1. The van der Waals surface area contributed by atoms with Crippen molar-refractivity contribution in [2.24, 2.45) is 0 Å². The molecular weight excluding hydrogens is 391 g/mol. The highest BCUT2D eigenvalue weighted by Crippen LogP contribution is 2.30. The summed E-state index contributed by atoms with van der Waals surface area (Å²) < 4.78 is 15.2. The average Bonchev–Trinajstić information content (AvgIpc) is 3.08. The van der Waals surface area contributed by atoms with Crippen LogP contribution in [0, 0.1) is 17.1 Å². The van der Waals surface area contributed by atoms with Crippen molar-refractivity contribution in [2.75, 3.05) is 19.0 Å². The van der Waals surface area contributed by atoms with E-state index in [9.17, 15) is 19.1 Å². The van der Waals surface area contributed by atoms with Crippen LogP contribution in [0.25, 0.3) is 0 Å². The lowest BCUT2D eigenvalue weighted by atomic mass is 9.98. The molecule has 3 heterocycles. The van der Waals surface area contributed by atoms with Crippen LogP contribution in [0.5, 0.6) is 0 Å². The summed E-state index contributed by atoms with van der Waals surface area (Å²) in [5, 5.41) is 25.7. The van der Waals surface area contributed by atoms with Crippen LogP contribution >= 0.6 is 0 Å². The van der Waals surface area contributed by atoms with Gasteiger partial charge in [-0.1, -0.05) is 0 Å². The van der Waals surface area contributed by atoms with E-state index >= 15 is 0 Å². The number of nitrogens with one attached hydrogen (secondary N) is 1. The molecule has 156 valence electrons. The number of aliphatic hydroxyl groups is 1. The van der Waals surface area contributed by atoms with Crippen LogP contribution in [-0.4, -0.2) is 62.4 Å². The summed E-state index contributed by atoms with van der Waals surface area (Å²) in [4.78, 5) is 28.8. The molecule has 0 saturated heterocycles. The van der Waals surface area contributed by atoms with E-state index in [-0.39, 0.29) is 36.7 Å². The number of nitriles is 1. The van der Waals surface area contributed by atoms with Gasteiger partial charge in [-0.2, -0.15) is 10.4 Å². The average molecular weight is 412 g/mol. The predicted molar refractivity (Wildman–Crippen MR) is 104 cm³/mol. The molecule has 0 radical (unpaired) electrons. The number of nitrogens with zero attached hydrogens (tertiary/aromatic N) is 5. The Labute approximate surface area is 172 Å². The van der Waals surface area contributed by atoms with E-state index < -0.39 is 11.8 Å². The molecule has 2 aromatic rings. The number of amides is 3. The fourth-order valence-electron chi connectivity index (χ4n) is 3.96. The second-order valence-corrected chi connectivity index (χ2v) is 7.63. The molecule has 2 atom stereocenters. The van der Waals surface area contributed by atoms with Gasteiger partial charge in [0.2, 0.25) is 0 Å². The number of hydrogen-bond acceptors (Lipinski definition) is 5. The molecule has 30 heavy (non-hydrogen) atoms. The molecule has 2 aliphatic rings. The summed E-state index contributed by atoms with van der Waals surface area (Å²) in [5.74, 6) is -0.886. The summed E-state index contributed by atoms with van der Waals surface area (Å²) in [7, 11) is 1.64. The fourth-order valence-corrected chi connectivity index (χ4v) is 3.96. The molecule has 10 heteroatoms. The standard InChI is InChI=1S/C20H21FN6O3/c1-11-5-17-15(18-19(29)25(2)14(10-28)8-27(18)24-17)9-26(11)20(30)23-13-3-4-16(21)12(6-13)7-22/h3-4,6,11,14,28H,5,8-10H2,1-2H3,(H,23,30)/t11-,14+/m1/s1. The summed E-state index contributed by atoms with van der Waals surface area (Å²) in [6.07, 6.45) is 0.483. The topological polar surface area (TPSA) is 114 Å². The SMILES string of the molecule is C[C@@H]1Cc2nn3c(c2CN1C(=O)Nc1ccc(F)c(C#N)c1)C(=O)N(C)[C@H](CO)C3. The van der Waals surface area contributed by atoms with Gasteiger partial charge in [0.05, 0.1) is 37.0 Å². The highest BCUT2D eigenvalue weighted by atomic mass is 19.1. The first-order valence-electron chi connectivity index (χ1n) is 9.57. The molecule has 9 nitrogen and oxygen atoms in total. The molecule has 0 spiro atoms. The van der Waals surface area contributed by atoms with Crippen molar-refractivity contribution >= 4 is 17.6 Å². The highest BCUT2D eigenvalue weighted by molar-refractivity contribution is 5.96. The summed E-state index contributed by atoms with van der Waals surface area (Å²) in [5.41, 5.74) is 2.08. The quantitative estimate of drug-likeness (QED) is 0.772. The first-order chi connectivity index (χ1) is 14.3. The van der Waals surface area contributed by atoms with Crippen LogP contribution in [0.4, 0.5) is 14.9 Å². The Kier molecular flexibility index (Phi) is 4.91. The van der Waals surface area contributed by atoms with Gasteiger partial charge in [0, 0.05) is 30.8 Å². The number of halogens is 1. The second-order valence-electron chi connectivity index (χ2n) is 7.63. The minimum atomic E-state index is -0.651. The number of aromatic nitrogens is 2. The van der Waals surface area contributed by atoms with Gasteiger partial charge < -0.3 is 20.2 Å². The first kappa shape index (κ1) is 19.8. The predicted octanol–water partition coefficient (Wildman–Crippen LogP) is 1.32. The minimum absolute atomic E-state index is 0.153. The number of anilines is 1. The molecule has 0 fully saturated rings. The Bertz CT molecular complexity index is 1080. The Morgan fingerprint density at radius 3 is 2.93 bits per heavy atom. The normalized spacial score (nSPS) is 20.4. The van der Waals surface area contributed by atoms with E-state index in [0.29, 0.717) is 29.9 Å². The van der Waals surface area contributed by atoms with Gasteiger partial charge in [-0.3, -0.25) is 9.48 Å². The van der Waals surface area contributed by atoms with Gasteiger partial charge in [-0.05, 0) is 25.1 Å². The van der Waals surface area contributed by atoms with Crippen LogP contribution in [0.1, 0.15) is 34.2 Å². The molecule has 0 bridgehead atoms. The molecule has 0 aliphatic carbocycles. The van der Waals surface area contributed by atoms with E-state index in [2.05, 4.69) is 10.4 Å². The first-order valence-corrected chi connectivity index (χ1v) is 9.57. The van der Waals surface area contributed by atoms with Crippen molar-refractivity contribution in [1.82, 2.24) is 19.6 Å². The number of fused-ring (bicyclic) bond motifs is 3. The van der Waals surface area contributed by atoms with Gasteiger partial charge >= 0.3 is 6.03 Å². The smallest absolute Gasteiger partial charge is 0.322 e. The third kappa shape index (κ3) is 3.17. The molecule has 2 N–H and O–H groups in total. The maximum absolute atomic E-state index is 13.5. The van der Waals surface area contributed by atoms with Gasteiger partial charge in [0.15, 0.2) is 0 Å². The van der Waals surface area contributed by atoms with E-state index in [1.54, 1.807) is 22.7 Å². The van der Waals surface area contributed by atoms with Crippen molar-refractivity contribution in [3.05, 3.63) is 46.5 Å².